The molecular weight excluding hydrogens is 312 g/mol. The number of nitrogens with one attached hydrogen (secondary N) is 2. The number of hydrogen-bond acceptors (Lipinski definition) is 5. The predicted molar refractivity (Wildman–Crippen MR) is 81.8 cm³/mol. The number of benzene rings is 1. The largest absolute Gasteiger partial charge is 0.484 e. The number of H-pyrrole nitrogens is 1. The van der Waals surface area contributed by atoms with Gasteiger partial charge in [0.2, 0.25) is 5.16 Å². The van der Waals surface area contributed by atoms with Crippen LogP contribution in [0.15, 0.2) is 29.4 Å². The van der Waals surface area contributed by atoms with Crippen molar-refractivity contribution < 1.29 is 9.53 Å². The third-order valence-corrected chi connectivity index (χ3v) is 3.52. The molecule has 0 radical (unpaired) electrons. The molecule has 2 rings (SSSR count). The molecule has 0 aliphatic carbocycles. The van der Waals surface area contributed by atoms with Crippen molar-refractivity contribution in [1.82, 2.24) is 20.5 Å². The van der Waals surface area contributed by atoms with Gasteiger partial charge in [0.1, 0.15) is 11.6 Å². The molecule has 0 unspecified atom stereocenters. The average Bonchev–Trinajstić information content (AvgIpc) is 2.89. The molecule has 1 aromatic heterocycles. The number of halogens is 1. The molecule has 2 N–H and O–H groups in total. The van der Waals surface area contributed by atoms with E-state index in [1.807, 2.05) is 6.92 Å². The number of aromatic amines is 1. The number of thioether (sulfide) groups is 1. The smallest absolute Gasteiger partial charge is 0.257 e. The van der Waals surface area contributed by atoms with Gasteiger partial charge in [0.25, 0.3) is 5.91 Å². The van der Waals surface area contributed by atoms with Gasteiger partial charge >= 0.3 is 0 Å². The SMILES string of the molecule is Cc1nc(SCCNC(=O)COc2ccc(Cl)cc2)n[nH]1. The van der Waals surface area contributed by atoms with Crippen LogP contribution in [-0.2, 0) is 4.79 Å². The van der Waals surface area contributed by atoms with Gasteiger partial charge in [0, 0.05) is 17.3 Å². The van der Waals surface area contributed by atoms with Crippen molar-refractivity contribution in [2.75, 3.05) is 18.9 Å². The molecule has 0 fully saturated rings. The Kier molecular flexibility index (Phi) is 5.89. The summed E-state index contributed by atoms with van der Waals surface area (Å²) in [5, 5.41) is 10.8. The fraction of sp³-hybridized carbons (Fsp3) is 0.308. The highest BCUT2D eigenvalue weighted by molar-refractivity contribution is 7.99. The van der Waals surface area contributed by atoms with Crippen LogP contribution in [0.2, 0.25) is 5.02 Å². The van der Waals surface area contributed by atoms with Crippen LogP contribution in [0.4, 0.5) is 0 Å². The monoisotopic (exact) mass is 326 g/mol. The van der Waals surface area contributed by atoms with Gasteiger partial charge in [-0.25, -0.2) is 4.98 Å². The Morgan fingerprint density at radius 3 is 2.86 bits per heavy atom. The lowest BCUT2D eigenvalue weighted by molar-refractivity contribution is -0.122. The number of nitrogens with zero attached hydrogens (tertiary/aromatic N) is 2. The van der Waals surface area contributed by atoms with Crippen LogP contribution < -0.4 is 10.1 Å². The maximum Gasteiger partial charge on any atom is 0.257 e. The quantitative estimate of drug-likeness (QED) is 0.601. The topological polar surface area (TPSA) is 79.9 Å². The Morgan fingerprint density at radius 1 is 1.43 bits per heavy atom. The maximum absolute atomic E-state index is 11.6. The molecule has 0 atom stereocenters. The van der Waals surface area contributed by atoms with E-state index in [0.29, 0.717) is 28.2 Å². The van der Waals surface area contributed by atoms with Gasteiger partial charge in [-0.05, 0) is 31.2 Å². The fourth-order valence-corrected chi connectivity index (χ4v) is 2.27. The zero-order valence-corrected chi connectivity index (χ0v) is 13.0. The summed E-state index contributed by atoms with van der Waals surface area (Å²) in [6.45, 7) is 2.35. The molecular formula is C13H15ClN4O2S. The summed E-state index contributed by atoms with van der Waals surface area (Å²) in [6.07, 6.45) is 0. The number of carbonyl (C=O) groups is 1. The van der Waals surface area contributed by atoms with Crippen LogP contribution in [0.25, 0.3) is 0 Å². The molecule has 0 bridgehead atoms. The van der Waals surface area contributed by atoms with E-state index in [4.69, 9.17) is 16.3 Å². The number of hydrogen-bond donors (Lipinski definition) is 2. The van der Waals surface area contributed by atoms with Gasteiger partial charge in [-0.1, -0.05) is 23.4 Å². The highest BCUT2D eigenvalue weighted by Gasteiger charge is 2.04. The lowest BCUT2D eigenvalue weighted by Crippen LogP contribution is -2.30. The summed E-state index contributed by atoms with van der Waals surface area (Å²) in [5.41, 5.74) is 0. The molecule has 8 heteroatoms. The third-order valence-electron chi connectivity index (χ3n) is 2.42. The van der Waals surface area contributed by atoms with Crippen LogP contribution in [0, 0.1) is 6.92 Å². The van der Waals surface area contributed by atoms with Crippen molar-refractivity contribution in [1.29, 1.82) is 0 Å². The molecule has 21 heavy (non-hydrogen) atoms. The van der Waals surface area contributed by atoms with Gasteiger partial charge in [-0.15, -0.1) is 5.10 Å². The Balaban J connectivity index is 1.60. The van der Waals surface area contributed by atoms with Gasteiger partial charge in [0.15, 0.2) is 6.61 Å². The highest BCUT2D eigenvalue weighted by Crippen LogP contribution is 2.15. The molecule has 1 heterocycles. The number of aromatic nitrogens is 3. The summed E-state index contributed by atoms with van der Waals surface area (Å²) in [4.78, 5) is 15.7. The molecule has 112 valence electrons. The Morgan fingerprint density at radius 2 is 2.19 bits per heavy atom. The second kappa shape index (κ2) is 7.90. The highest BCUT2D eigenvalue weighted by atomic mass is 35.5. The first-order valence-electron chi connectivity index (χ1n) is 6.30. The average molecular weight is 327 g/mol. The second-order valence-electron chi connectivity index (χ2n) is 4.14. The Bertz CT molecular complexity index is 588. The van der Waals surface area contributed by atoms with E-state index in [2.05, 4.69) is 20.5 Å². The molecule has 0 saturated heterocycles. The van der Waals surface area contributed by atoms with Gasteiger partial charge in [-0.2, -0.15) is 0 Å². The second-order valence-corrected chi connectivity index (χ2v) is 5.64. The number of rotatable bonds is 7. The van der Waals surface area contributed by atoms with Crippen molar-refractivity contribution in [2.45, 2.75) is 12.1 Å². The van der Waals surface area contributed by atoms with Crippen LogP contribution in [0.1, 0.15) is 5.82 Å². The van der Waals surface area contributed by atoms with Crippen LogP contribution in [0.3, 0.4) is 0 Å². The van der Waals surface area contributed by atoms with Crippen molar-refractivity contribution >= 4 is 29.3 Å². The van der Waals surface area contributed by atoms with Crippen LogP contribution >= 0.6 is 23.4 Å². The third kappa shape index (κ3) is 5.65. The van der Waals surface area contributed by atoms with E-state index < -0.39 is 0 Å². The first-order chi connectivity index (χ1) is 10.1. The van der Waals surface area contributed by atoms with Gasteiger partial charge in [0.05, 0.1) is 0 Å². The minimum atomic E-state index is -0.170. The van der Waals surface area contributed by atoms with E-state index >= 15 is 0 Å². The molecule has 0 aliphatic heterocycles. The molecule has 1 amide bonds. The first kappa shape index (κ1) is 15.7. The van der Waals surface area contributed by atoms with Gasteiger partial charge in [-0.3, -0.25) is 9.89 Å². The number of amides is 1. The van der Waals surface area contributed by atoms with Crippen LogP contribution in [-0.4, -0.2) is 40.0 Å². The molecule has 0 saturated carbocycles. The first-order valence-corrected chi connectivity index (χ1v) is 7.67. The Labute approximate surface area is 131 Å². The van der Waals surface area contributed by atoms with E-state index in [9.17, 15) is 4.79 Å². The summed E-state index contributed by atoms with van der Waals surface area (Å²) in [7, 11) is 0. The minimum Gasteiger partial charge on any atom is -0.484 e. The van der Waals surface area contributed by atoms with Crippen molar-refractivity contribution in [3.8, 4) is 5.75 Å². The number of carbonyl (C=O) groups excluding carboxylic acids is 1. The van der Waals surface area contributed by atoms with E-state index in [1.54, 1.807) is 24.3 Å². The summed E-state index contributed by atoms with van der Waals surface area (Å²) < 4.78 is 5.33. The molecule has 0 aliphatic rings. The predicted octanol–water partition coefficient (Wildman–Crippen LogP) is 2.05. The van der Waals surface area contributed by atoms with E-state index in [-0.39, 0.29) is 12.5 Å². The zero-order chi connectivity index (χ0) is 15.1. The van der Waals surface area contributed by atoms with Crippen molar-refractivity contribution in [2.24, 2.45) is 0 Å². The van der Waals surface area contributed by atoms with Gasteiger partial charge < -0.3 is 10.1 Å². The Hall–Kier alpha value is -1.73. The molecule has 0 spiro atoms. The maximum atomic E-state index is 11.6. The normalized spacial score (nSPS) is 10.4. The van der Waals surface area contributed by atoms with Crippen LogP contribution in [0.5, 0.6) is 5.75 Å². The summed E-state index contributed by atoms with van der Waals surface area (Å²) in [5.74, 6) is 1.92. The number of aryl methyl sites for hydroxylation is 1. The standard InChI is InChI=1S/C13H15ClN4O2S/c1-9-16-13(18-17-9)21-7-6-15-12(19)8-20-11-4-2-10(14)3-5-11/h2-5H,6-8H2,1H3,(H,15,19)(H,16,17,18). The molecule has 6 nitrogen and oxygen atoms in total. The van der Waals surface area contributed by atoms with Crippen molar-refractivity contribution in [3.05, 3.63) is 35.1 Å². The molecule has 2 aromatic rings. The lowest BCUT2D eigenvalue weighted by atomic mass is 10.3. The fourth-order valence-electron chi connectivity index (χ4n) is 1.45. The molecule has 1 aromatic carbocycles. The number of ether oxygens (including phenoxy) is 1. The lowest BCUT2D eigenvalue weighted by Gasteiger charge is -2.06. The minimum absolute atomic E-state index is 0.0218. The van der Waals surface area contributed by atoms with E-state index in [0.717, 1.165) is 5.82 Å². The van der Waals surface area contributed by atoms with Crippen molar-refractivity contribution in [3.63, 3.8) is 0 Å². The summed E-state index contributed by atoms with van der Waals surface area (Å²) in [6, 6.07) is 6.86. The zero-order valence-electron chi connectivity index (χ0n) is 11.4. The summed E-state index contributed by atoms with van der Waals surface area (Å²) >= 11 is 7.24. The van der Waals surface area contributed by atoms with E-state index in [1.165, 1.54) is 11.8 Å².